The number of rotatable bonds is 7. The van der Waals surface area contributed by atoms with Crippen molar-refractivity contribution in [2.45, 2.75) is 69.7 Å². The molecule has 234 valence electrons. The number of amides is 1. The number of piperidine rings is 2. The molecule has 0 radical (unpaired) electrons. The van der Waals surface area contributed by atoms with Gasteiger partial charge in [0.2, 0.25) is 5.91 Å². The van der Waals surface area contributed by atoms with Crippen molar-refractivity contribution in [3.63, 3.8) is 0 Å². The fourth-order valence-electron chi connectivity index (χ4n) is 7.71. The fourth-order valence-corrected chi connectivity index (χ4v) is 8.63. The Bertz CT molecular complexity index is 1690. The van der Waals surface area contributed by atoms with Gasteiger partial charge in [0.05, 0.1) is 28.5 Å². The molecule has 1 aromatic carbocycles. The number of hydrogen-bond acceptors (Lipinski definition) is 7. The molecule has 3 aliphatic heterocycles. The summed E-state index contributed by atoms with van der Waals surface area (Å²) in [6.07, 6.45) is 12.4. The lowest BCUT2D eigenvalue weighted by atomic mass is 9.64. The lowest BCUT2D eigenvalue weighted by Gasteiger charge is -2.41. The molecule has 7 rings (SSSR count). The summed E-state index contributed by atoms with van der Waals surface area (Å²) in [7, 11) is -0.341. The Kier molecular flexibility index (Phi) is 7.53. The minimum Gasteiger partial charge on any atom is -0.355 e. The van der Waals surface area contributed by atoms with Crippen LogP contribution in [0.3, 0.4) is 0 Å². The van der Waals surface area contributed by atoms with Crippen LogP contribution in [-0.4, -0.2) is 86.4 Å². The van der Waals surface area contributed by atoms with Crippen LogP contribution >= 0.6 is 0 Å². The van der Waals surface area contributed by atoms with Gasteiger partial charge in [0.1, 0.15) is 0 Å². The molecule has 1 aliphatic carbocycles. The van der Waals surface area contributed by atoms with E-state index < -0.39 is 15.6 Å². The molecule has 1 saturated carbocycles. The largest absolute Gasteiger partial charge is 0.355 e. The van der Waals surface area contributed by atoms with Crippen LogP contribution in [0.15, 0.2) is 36.7 Å². The Morgan fingerprint density at radius 2 is 1.73 bits per heavy atom. The Hall–Kier alpha value is -3.28. The summed E-state index contributed by atoms with van der Waals surface area (Å²) in [6.45, 7) is 6.21. The van der Waals surface area contributed by atoms with Crippen LogP contribution < -0.4 is 14.5 Å². The van der Waals surface area contributed by atoms with Crippen molar-refractivity contribution in [1.82, 2.24) is 19.2 Å². The molecule has 2 saturated heterocycles. The average Bonchev–Trinajstić information content (AvgIpc) is 3.27. The topological polar surface area (TPSA) is 102 Å². The Labute approximate surface area is 260 Å². The molecule has 11 heteroatoms. The lowest BCUT2D eigenvalue weighted by molar-refractivity contribution is -0.125. The van der Waals surface area contributed by atoms with Crippen molar-refractivity contribution < 1.29 is 13.2 Å². The van der Waals surface area contributed by atoms with Gasteiger partial charge in [-0.15, -0.1) is 0 Å². The standard InChI is InChI=1S/C33H43N7O3S/c1-4-37(2)44(42,43)36-28-20-24(21-35-31(28)40-17-11-25(12-18-40)39-15-6-5-7-16-39)23-9-10-27-26(19-23)30-29(22-34-27)38(3)32(41)33(30)13-8-14-33/h9-10,19-22,25,36H,4-8,11-18H2,1-3H3. The van der Waals surface area contributed by atoms with Gasteiger partial charge in [-0.25, -0.2) is 4.98 Å². The summed E-state index contributed by atoms with van der Waals surface area (Å²) in [5.74, 6) is 0.827. The minimum absolute atomic E-state index is 0.158. The molecule has 2 aromatic heterocycles. The third-order valence-electron chi connectivity index (χ3n) is 10.6. The third kappa shape index (κ3) is 4.84. The molecule has 10 nitrogen and oxygen atoms in total. The number of aromatic nitrogens is 2. The highest BCUT2D eigenvalue weighted by Crippen LogP contribution is 2.55. The summed E-state index contributed by atoms with van der Waals surface area (Å²) < 4.78 is 30.7. The minimum atomic E-state index is -3.76. The van der Waals surface area contributed by atoms with Gasteiger partial charge in [-0.2, -0.15) is 12.7 Å². The van der Waals surface area contributed by atoms with Gasteiger partial charge in [0.25, 0.3) is 0 Å². The molecule has 0 bridgehead atoms. The molecule has 1 amide bonds. The van der Waals surface area contributed by atoms with E-state index in [0.717, 1.165) is 78.5 Å². The van der Waals surface area contributed by atoms with Crippen molar-refractivity contribution in [3.05, 3.63) is 42.2 Å². The number of hydrogen-bond donors (Lipinski definition) is 1. The molecule has 1 spiro atoms. The number of nitrogens with zero attached hydrogens (tertiary/aromatic N) is 6. The summed E-state index contributed by atoms with van der Waals surface area (Å²) in [6, 6.07) is 8.59. The van der Waals surface area contributed by atoms with E-state index in [9.17, 15) is 13.2 Å². The van der Waals surface area contributed by atoms with Crippen molar-refractivity contribution >= 4 is 44.2 Å². The van der Waals surface area contributed by atoms with Crippen LogP contribution in [0.1, 0.15) is 63.9 Å². The maximum Gasteiger partial charge on any atom is 0.301 e. The molecule has 0 unspecified atom stereocenters. The number of anilines is 3. The molecule has 4 aliphatic rings. The van der Waals surface area contributed by atoms with Gasteiger partial charge in [0.15, 0.2) is 5.82 Å². The van der Waals surface area contributed by atoms with E-state index in [1.807, 2.05) is 44.6 Å². The van der Waals surface area contributed by atoms with Gasteiger partial charge in [0, 0.05) is 62.5 Å². The first-order valence-corrected chi connectivity index (χ1v) is 17.6. The maximum atomic E-state index is 13.3. The first kappa shape index (κ1) is 29.4. The van der Waals surface area contributed by atoms with Gasteiger partial charge < -0.3 is 14.7 Å². The molecule has 3 fully saturated rings. The Morgan fingerprint density at radius 3 is 2.41 bits per heavy atom. The van der Waals surface area contributed by atoms with Crippen molar-refractivity contribution in [1.29, 1.82) is 0 Å². The van der Waals surface area contributed by atoms with Crippen LogP contribution in [0.25, 0.3) is 22.0 Å². The van der Waals surface area contributed by atoms with Crippen LogP contribution in [-0.2, 0) is 20.4 Å². The monoisotopic (exact) mass is 617 g/mol. The molecule has 44 heavy (non-hydrogen) atoms. The second-order valence-electron chi connectivity index (χ2n) is 13.0. The zero-order valence-corrected chi connectivity index (χ0v) is 26.9. The number of likely N-dealkylation sites (N-methyl/N-ethyl adjacent to an activating group) is 1. The number of likely N-dealkylation sites (tertiary alicyclic amines) is 1. The number of carbonyl (C=O) groups is 1. The van der Waals surface area contributed by atoms with Gasteiger partial charge in [-0.3, -0.25) is 14.5 Å². The van der Waals surface area contributed by atoms with E-state index in [0.29, 0.717) is 24.1 Å². The Morgan fingerprint density at radius 1 is 0.977 bits per heavy atom. The summed E-state index contributed by atoms with van der Waals surface area (Å²) >= 11 is 0. The second-order valence-corrected chi connectivity index (χ2v) is 14.8. The van der Waals surface area contributed by atoms with Crippen molar-refractivity contribution in [3.8, 4) is 11.1 Å². The molecule has 0 atom stereocenters. The zero-order valence-electron chi connectivity index (χ0n) is 26.1. The van der Waals surface area contributed by atoms with Crippen LogP contribution in [0.5, 0.6) is 0 Å². The second kappa shape index (κ2) is 11.3. The quantitative estimate of drug-likeness (QED) is 0.408. The summed E-state index contributed by atoms with van der Waals surface area (Å²) in [5.41, 5.74) is 4.57. The van der Waals surface area contributed by atoms with E-state index >= 15 is 0 Å². The molecular formula is C33H43N7O3S. The number of carbonyl (C=O) groups excluding carboxylic acids is 1. The van der Waals surface area contributed by atoms with E-state index in [2.05, 4.69) is 25.6 Å². The first-order chi connectivity index (χ1) is 21.2. The SMILES string of the molecule is CCN(C)S(=O)(=O)Nc1cc(-c2ccc3ncc4c(c3c2)C2(CCC2)C(=O)N4C)cnc1N1CCC(N2CCCCC2)CC1. The third-order valence-corrected chi connectivity index (χ3v) is 12.1. The van der Waals surface area contributed by atoms with E-state index in [1.54, 1.807) is 11.9 Å². The van der Waals surface area contributed by atoms with Gasteiger partial charge >= 0.3 is 10.2 Å². The molecular weight excluding hydrogens is 574 g/mol. The normalized spacial score (nSPS) is 20.9. The maximum absolute atomic E-state index is 13.3. The lowest BCUT2D eigenvalue weighted by Crippen LogP contribution is -2.47. The predicted octanol–water partition coefficient (Wildman–Crippen LogP) is 4.76. The van der Waals surface area contributed by atoms with E-state index in [1.165, 1.54) is 36.7 Å². The van der Waals surface area contributed by atoms with Crippen molar-refractivity contribution in [2.75, 3.05) is 61.3 Å². The van der Waals surface area contributed by atoms with Crippen molar-refractivity contribution in [2.24, 2.45) is 0 Å². The average molecular weight is 618 g/mol. The first-order valence-electron chi connectivity index (χ1n) is 16.2. The predicted molar refractivity (Wildman–Crippen MR) is 175 cm³/mol. The fraction of sp³-hybridized carbons (Fsp3) is 0.545. The highest BCUT2D eigenvalue weighted by atomic mass is 32.2. The van der Waals surface area contributed by atoms with Crippen LogP contribution in [0, 0.1) is 0 Å². The van der Waals surface area contributed by atoms with E-state index in [4.69, 9.17) is 4.98 Å². The van der Waals surface area contributed by atoms with Crippen LogP contribution in [0.2, 0.25) is 0 Å². The molecule has 3 aromatic rings. The smallest absolute Gasteiger partial charge is 0.301 e. The highest BCUT2D eigenvalue weighted by molar-refractivity contribution is 7.90. The number of nitrogens with one attached hydrogen (secondary N) is 1. The van der Waals surface area contributed by atoms with Crippen LogP contribution in [0.4, 0.5) is 17.2 Å². The summed E-state index contributed by atoms with van der Waals surface area (Å²) in [5, 5.41) is 0.981. The van der Waals surface area contributed by atoms with E-state index in [-0.39, 0.29) is 5.91 Å². The van der Waals surface area contributed by atoms with Gasteiger partial charge in [-0.1, -0.05) is 25.8 Å². The number of fused-ring (bicyclic) bond motifs is 4. The number of pyridine rings is 2. The molecule has 5 heterocycles. The van der Waals surface area contributed by atoms with Gasteiger partial charge in [-0.05, 0) is 75.4 Å². The zero-order chi connectivity index (χ0) is 30.6. The number of benzene rings is 1. The highest BCUT2D eigenvalue weighted by Gasteiger charge is 2.54. The summed E-state index contributed by atoms with van der Waals surface area (Å²) in [4.78, 5) is 29.6. The molecule has 1 N–H and O–H groups in total. The Balaban J connectivity index is 1.25.